The van der Waals surface area contributed by atoms with E-state index in [0.717, 1.165) is 30.1 Å². The van der Waals surface area contributed by atoms with Gasteiger partial charge in [-0.3, -0.25) is 0 Å². The van der Waals surface area contributed by atoms with Gasteiger partial charge in [-0.1, -0.05) is 30.3 Å². The summed E-state index contributed by atoms with van der Waals surface area (Å²) in [7, 11) is 0. The molecule has 0 amide bonds. The second-order valence-corrected chi connectivity index (χ2v) is 6.71. The summed E-state index contributed by atoms with van der Waals surface area (Å²) >= 11 is 0. The van der Waals surface area contributed by atoms with Crippen LogP contribution in [-0.2, 0) is 4.74 Å². The standard InChI is InChI=1S/C22H25N7O2/c1-2-31-19-11-7-6-8-17(19)16-23-28-21-25-20(24-18-9-4-3-5-10-18)26-22(27-21)29-12-14-30-15-13-29/h3-11,16H,2,12-15H2,1H3,(H2,24,25,26,27,28)/b23-16-. The lowest BCUT2D eigenvalue weighted by atomic mass is 10.2. The lowest BCUT2D eigenvalue weighted by Gasteiger charge is -2.27. The number of hydrogen-bond acceptors (Lipinski definition) is 9. The molecule has 1 fully saturated rings. The minimum absolute atomic E-state index is 0.347. The molecule has 9 heteroatoms. The van der Waals surface area contributed by atoms with Crippen molar-refractivity contribution in [3.05, 3.63) is 60.2 Å². The van der Waals surface area contributed by atoms with Crippen LogP contribution in [0.1, 0.15) is 12.5 Å². The highest BCUT2D eigenvalue weighted by molar-refractivity contribution is 5.83. The van der Waals surface area contributed by atoms with Crippen LogP contribution >= 0.6 is 0 Å². The molecule has 2 heterocycles. The van der Waals surface area contributed by atoms with Crippen molar-refractivity contribution in [3.63, 3.8) is 0 Å². The van der Waals surface area contributed by atoms with E-state index in [1.807, 2.05) is 61.5 Å². The van der Waals surface area contributed by atoms with Crippen LogP contribution in [0, 0.1) is 0 Å². The van der Waals surface area contributed by atoms with Crippen LogP contribution in [0.15, 0.2) is 59.7 Å². The van der Waals surface area contributed by atoms with E-state index in [1.165, 1.54) is 0 Å². The molecule has 160 valence electrons. The second kappa shape index (κ2) is 10.4. The second-order valence-electron chi connectivity index (χ2n) is 6.71. The van der Waals surface area contributed by atoms with Crippen LogP contribution in [0.5, 0.6) is 5.75 Å². The number of benzene rings is 2. The van der Waals surface area contributed by atoms with Gasteiger partial charge in [-0.25, -0.2) is 5.43 Å². The van der Waals surface area contributed by atoms with Gasteiger partial charge in [0.2, 0.25) is 17.8 Å². The molecular weight excluding hydrogens is 394 g/mol. The molecule has 31 heavy (non-hydrogen) atoms. The fraction of sp³-hybridized carbons (Fsp3) is 0.273. The molecule has 0 saturated carbocycles. The van der Waals surface area contributed by atoms with Gasteiger partial charge < -0.3 is 19.7 Å². The number of aromatic nitrogens is 3. The van der Waals surface area contributed by atoms with E-state index in [1.54, 1.807) is 6.21 Å². The minimum Gasteiger partial charge on any atom is -0.493 e. The van der Waals surface area contributed by atoms with Crippen molar-refractivity contribution in [2.75, 3.05) is 48.6 Å². The van der Waals surface area contributed by atoms with E-state index in [0.29, 0.717) is 37.7 Å². The molecule has 4 rings (SSSR count). The summed E-state index contributed by atoms with van der Waals surface area (Å²) in [5.74, 6) is 2.13. The molecule has 2 N–H and O–H groups in total. The summed E-state index contributed by atoms with van der Waals surface area (Å²) in [4.78, 5) is 15.7. The van der Waals surface area contributed by atoms with E-state index in [-0.39, 0.29) is 0 Å². The van der Waals surface area contributed by atoms with Gasteiger partial charge in [-0.05, 0) is 31.2 Å². The summed E-state index contributed by atoms with van der Waals surface area (Å²) < 4.78 is 11.1. The highest BCUT2D eigenvalue weighted by Gasteiger charge is 2.16. The maximum atomic E-state index is 5.63. The first-order valence-corrected chi connectivity index (χ1v) is 10.2. The molecule has 3 aromatic rings. The summed E-state index contributed by atoms with van der Waals surface area (Å²) in [5.41, 5.74) is 4.68. The number of para-hydroxylation sites is 2. The first kappa shape index (κ1) is 20.5. The molecule has 1 aliphatic heterocycles. The monoisotopic (exact) mass is 419 g/mol. The predicted molar refractivity (Wildman–Crippen MR) is 121 cm³/mol. The number of rotatable bonds is 8. The molecule has 1 saturated heterocycles. The Kier molecular flexibility index (Phi) is 6.86. The third-order valence-corrected chi connectivity index (χ3v) is 4.53. The Morgan fingerprint density at radius 2 is 1.74 bits per heavy atom. The average molecular weight is 419 g/mol. The molecule has 0 unspecified atom stereocenters. The highest BCUT2D eigenvalue weighted by Crippen LogP contribution is 2.19. The lowest BCUT2D eigenvalue weighted by molar-refractivity contribution is 0.122. The predicted octanol–water partition coefficient (Wildman–Crippen LogP) is 3.30. The SMILES string of the molecule is CCOc1ccccc1/C=N\Nc1nc(Nc2ccccc2)nc(N2CCOCC2)n1. The molecule has 0 aliphatic carbocycles. The average Bonchev–Trinajstić information content (AvgIpc) is 2.81. The third-order valence-electron chi connectivity index (χ3n) is 4.53. The van der Waals surface area contributed by atoms with Gasteiger partial charge in [0.25, 0.3) is 0 Å². The number of anilines is 4. The van der Waals surface area contributed by atoms with Crippen molar-refractivity contribution >= 4 is 29.7 Å². The lowest BCUT2D eigenvalue weighted by Crippen LogP contribution is -2.37. The molecule has 0 bridgehead atoms. The Morgan fingerprint density at radius 3 is 2.55 bits per heavy atom. The molecule has 2 aromatic carbocycles. The number of morpholine rings is 1. The van der Waals surface area contributed by atoms with Gasteiger partial charge in [-0.15, -0.1) is 0 Å². The van der Waals surface area contributed by atoms with Gasteiger partial charge in [0.05, 0.1) is 26.0 Å². The first-order chi connectivity index (χ1) is 15.3. The van der Waals surface area contributed by atoms with Crippen molar-refractivity contribution < 1.29 is 9.47 Å². The van der Waals surface area contributed by atoms with Crippen molar-refractivity contribution in [2.24, 2.45) is 5.10 Å². The quantitative estimate of drug-likeness (QED) is 0.424. The zero-order chi connectivity index (χ0) is 21.3. The van der Waals surface area contributed by atoms with Gasteiger partial charge in [0.15, 0.2) is 0 Å². The molecule has 9 nitrogen and oxygen atoms in total. The zero-order valence-electron chi connectivity index (χ0n) is 17.4. The van der Waals surface area contributed by atoms with Crippen molar-refractivity contribution in [2.45, 2.75) is 6.92 Å². The van der Waals surface area contributed by atoms with Crippen LogP contribution in [0.3, 0.4) is 0 Å². The van der Waals surface area contributed by atoms with Gasteiger partial charge >= 0.3 is 0 Å². The van der Waals surface area contributed by atoms with Gasteiger partial charge in [0.1, 0.15) is 5.75 Å². The van der Waals surface area contributed by atoms with Crippen molar-refractivity contribution in [1.29, 1.82) is 0 Å². The minimum atomic E-state index is 0.347. The maximum absolute atomic E-state index is 5.63. The van der Waals surface area contributed by atoms with Gasteiger partial charge in [0, 0.05) is 24.3 Å². The number of nitrogens with one attached hydrogen (secondary N) is 2. The van der Waals surface area contributed by atoms with Crippen LogP contribution in [0.4, 0.5) is 23.5 Å². The van der Waals surface area contributed by atoms with Gasteiger partial charge in [-0.2, -0.15) is 20.1 Å². The van der Waals surface area contributed by atoms with Crippen LogP contribution < -0.4 is 20.4 Å². The van der Waals surface area contributed by atoms with Crippen LogP contribution in [0.25, 0.3) is 0 Å². The van der Waals surface area contributed by atoms with Crippen molar-refractivity contribution in [3.8, 4) is 5.75 Å². The Bertz CT molecular complexity index is 1010. The largest absolute Gasteiger partial charge is 0.493 e. The topological polar surface area (TPSA) is 96.8 Å². The number of nitrogens with zero attached hydrogens (tertiary/aromatic N) is 5. The summed E-state index contributed by atoms with van der Waals surface area (Å²) in [6.07, 6.45) is 1.69. The number of ether oxygens (including phenoxy) is 2. The summed E-state index contributed by atoms with van der Waals surface area (Å²) in [6.45, 7) is 5.26. The Labute approximate surface area is 181 Å². The molecule has 0 spiro atoms. The van der Waals surface area contributed by atoms with E-state index in [2.05, 4.69) is 35.7 Å². The molecule has 1 aromatic heterocycles. The summed E-state index contributed by atoms with van der Waals surface area (Å²) in [6, 6.07) is 17.5. The summed E-state index contributed by atoms with van der Waals surface area (Å²) in [5, 5.41) is 7.54. The number of hydrazone groups is 1. The Morgan fingerprint density at radius 1 is 1.00 bits per heavy atom. The zero-order valence-corrected chi connectivity index (χ0v) is 17.4. The first-order valence-electron chi connectivity index (χ1n) is 10.2. The third kappa shape index (κ3) is 5.67. The molecular formula is C22H25N7O2. The Balaban J connectivity index is 1.56. The normalized spacial score (nSPS) is 13.9. The highest BCUT2D eigenvalue weighted by atomic mass is 16.5. The smallest absolute Gasteiger partial charge is 0.250 e. The Hall–Kier alpha value is -3.72. The maximum Gasteiger partial charge on any atom is 0.250 e. The van der Waals surface area contributed by atoms with Crippen LogP contribution in [-0.4, -0.2) is 54.1 Å². The van der Waals surface area contributed by atoms with E-state index < -0.39 is 0 Å². The van der Waals surface area contributed by atoms with E-state index in [9.17, 15) is 0 Å². The molecule has 0 radical (unpaired) electrons. The molecule has 0 atom stereocenters. The van der Waals surface area contributed by atoms with E-state index in [4.69, 9.17) is 9.47 Å². The van der Waals surface area contributed by atoms with Crippen LogP contribution in [0.2, 0.25) is 0 Å². The van der Waals surface area contributed by atoms with E-state index >= 15 is 0 Å². The van der Waals surface area contributed by atoms with Crippen molar-refractivity contribution in [1.82, 2.24) is 15.0 Å². The fourth-order valence-electron chi connectivity index (χ4n) is 3.06. The fourth-order valence-corrected chi connectivity index (χ4v) is 3.06. The number of hydrogen-bond donors (Lipinski definition) is 2. The molecule has 1 aliphatic rings.